The van der Waals surface area contributed by atoms with Crippen molar-refractivity contribution in [2.45, 2.75) is 12.8 Å². The molecule has 1 saturated heterocycles. The second kappa shape index (κ2) is 5.70. The Morgan fingerprint density at radius 1 is 1.53 bits per heavy atom. The van der Waals surface area contributed by atoms with Gasteiger partial charge in [0.2, 0.25) is 10.0 Å². The maximum atomic E-state index is 11.6. The first-order valence-corrected chi connectivity index (χ1v) is 7.95. The molecule has 0 atom stereocenters. The van der Waals surface area contributed by atoms with Crippen molar-refractivity contribution in [1.29, 1.82) is 0 Å². The third-order valence-corrected chi connectivity index (χ3v) is 4.57. The molecule has 0 aliphatic carbocycles. The molecule has 1 amide bonds. The van der Waals surface area contributed by atoms with Crippen LogP contribution in [0.15, 0.2) is 16.9 Å². The molecular weight excluding hydrogens is 270 g/mol. The fourth-order valence-corrected chi connectivity index (χ4v) is 2.98. The number of aromatic nitrogens is 1. The molecular formula is C11H17N3O4S. The van der Waals surface area contributed by atoms with Crippen LogP contribution < -0.4 is 5.32 Å². The highest BCUT2D eigenvalue weighted by Gasteiger charge is 2.25. The van der Waals surface area contributed by atoms with Gasteiger partial charge in [-0.15, -0.1) is 0 Å². The highest BCUT2D eigenvalue weighted by Crippen LogP contribution is 2.18. The van der Waals surface area contributed by atoms with Crippen LogP contribution in [0.2, 0.25) is 0 Å². The SMILES string of the molecule is CS(=O)(=O)N1CCC(CNC(=O)c2ccon2)CC1. The van der Waals surface area contributed by atoms with Gasteiger partial charge < -0.3 is 9.84 Å². The van der Waals surface area contributed by atoms with E-state index in [9.17, 15) is 13.2 Å². The van der Waals surface area contributed by atoms with Gasteiger partial charge in [-0.1, -0.05) is 5.16 Å². The lowest BCUT2D eigenvalue weighted by molar-refractivity contribution is 0.0932. The van der Waals surface area contributed by atoms with Crippen molar-refractivity contribution >= 4 is 15.9 Å². The summed E-state index contributed by atoms with van der Waals surface area (Å²) >= 11 is 0. The zero-order valence-electron chi connectivity index (χ0n) is 10.7. The third-order valence-electron chi connectivity index (χ3n) is 3.26. The number of carbonyl (C=O) groups is 1. The second-order valence-corrected chi connectivity index (χ2v) is 6.68. The van der Waals surface area contributed by atoms with Crippen LogP contribution in [0.1, 0.15) is 23.3 Å². The minimum absolute atomic E-state index is 0.258. The molecule has 1 aliphatic heterocycles. The van der Waals surface area contributed by atoms with Crippen LogP contribution in [0, 0.1) is 5.92 Å². The number of rotatable bonds is 4. The first-order valence-electron chi connectivity index (χ1n) is 6.10. The number of piperidine rings is 1. The molecule has 1 aromatic heterocycles. The first-order chi connectivity index (χ1) is 8.97. The van der Waals surface area contributed by atoms with Crippen LogP contribution >= 0.6 is 0 Å². The minimum atomic E-state index is -3.09. The Labute approximate surface area is 112 Å². The molecule has 0 spiro atoms. The van der Waals surface area contributed by atoms with Crippen LogP contribution in [-0.2, 0) is 10.0 Å². The standard InChI is InChI=1S/C11H17N3O4S/c1-19(16,17)14-5-2-9(3-6-14)8-12-11(15)10-4-7-18-13-10/h4,7,9H,2-3,5-6,8H2,1H3,(H,12,15). The highest BCUT2D eigenvalue weighted by atomic mass is 32.2. The summed E-state index contributed by atoms with van der Waals surface area (Å²) < 4.78 is 28.8. The van der Waals surface area contributed by atoms with E-state index in [-0.39, 0.29) is 11.6 Å². The molecule has 8 heteroatoms. The molecule has 0 saturated carbocycles. The van der Waals surface area contributed by atoms with Gasteiger partial charge in [-0.3, -0.25) is 4.79 Å². The van der Waals surface area contributed by atoms with E-state index >= 15 is 0 Å². The Morgan fingerprint density at radius 2 is 2.21 bits per heavy atom. The van der Waals surface area contributed by atoms with Gasteiger partial charge >= 0.3 is 0 Å². The third kappa shape index (κ3) is 3.77. The van der Waals surface area contributed by atoms with Crippen LogP contribution in [-0.4, -0.2) is 49.7 Å². The molecule has 1 aliphatic rings. The summed E-state index contributed by atoms with van der Waals surface area (Å²) in [5.41, 5.74) is 0.258. The van der Waals surface area contributed by atoms with Crippen molar-refractivity contribution in [2.75, 3.05) is 25.9 Å². The van der Waals surface area contributed by atoms with Gasteiger partial charge in [0.05, 0.1) is 6.26 Å². The van der Waals surface area contributed by atoms with E-state index in [2.05, 4.69) is 15.0 Å². The van der Waals surface area contributed by atoms with Gasteiger partial charge in [0.15, 0.2) is 5.69 Å². The van der Waals surface area contributed by atoms with Crippen LogP contribution in [0.3, 0.4) is 0 Å². The largest absolute Gasteiger partial charge is 0.364 e. The van der Waals surface area contributed by atoms with Crippen molar-refractivity contribution in [1.82, 2.24) is 14.8 Å². The predicted octanol–water partition coefficient (Wildman–Crippen LogP) is 0.0760. The summed E-state index contributed by atoms with van der Waals surface area (Å²) in [5.74, 6) is 0.0353. The molecule has 0 aromatic carbocycles. The number of hydrogen-bond acceptors (Lipinski definition) is 5. The van der Waals surface area contributed by atoms with Gasteiger partial charge in [-0.2, -0.15) is 0 Å². The number of carbonyl (C=O) groups excluding carboxylic acids is 1. The number of nitrogens with one attached hydrogen (secondary N) is 1. The topological polar surface area (TPSA) is 92.5 Å². The first kappa shape index (κ1) is 14.0. The smallest absolute Gasteiger partial charge is 0.273 e. The quantitative estimate of drug-likeness (QED) is 0.846. The number of amides is 1. The Balaban J connectivity index is 1.76. The van der Waals surface area contributed by atoms with E-state index < -0.39 is 10.0 Å². The van der Waals surface area contributed by atoms with Gasteiger partial charge in [0.25, 0.3) is 5.91 Å². The lowest BCUT2D eigenvalue weighted by Crippen LogP contribution is -2.41. The number of sulfonamides is 1. The Bertz CT molecular complexity index is 518. The Morgan fingerprint density at radius 3 is 2.74 bits per heavy atom. The molecule has 0 unspecified atom stereocenters. The van der Waals surface area contributed by atoms with E-state index in [1.165, 1.54) is 22.9 Å². The lowest BCUT2D eigenvalue weighted by Gasteiger charge is -2.30. The van der Waals surface area contributed by atoms with Gasteiger partial charge in [0.1, 0.15) is 6.26 Å². The Kier molecular flexibility index (Phi) is 4.20. The van der Waals surface area contributed by atoms with Crippen molar-refractivity contribution in [3.05, 3.63) is 18.0 Å². The molecule has 19 heavy (non-hydrogen) atoms. The monoisotopic (exact) mass is 287 g/mol. The minimum Gasteiger partial charge on any atom is -0.364 e. The lowest BCUT2D eigenvalue weighted by atomic mass is 9.98. The predicted molar refractivity (Wildman–Crippen MR) is 68.0 cm³/mol. The maximum Gasteiger partial charge on any atom is 0.273 e. The van der Waals surface area contributed by atoms with Gasteiger partial charge in [0, 0.05) is 25.7 Å². The summed E-state index contributed by atoms with van der Waals surface area (Å²) in [6, 6.07) is 1.50. The molecule has 1 fully saturated rings. The average Bonchev–Trinajstić information content (AvgIpc) is 2.89. The second-order valence-electron chi connectivity index (χ2n) is 4.70. The van der Waals surface area contributed by atoms with E-state index in [1.807, 2.05) is 0 Å². The van der Waals surface area contributed by atoms with Crippen molar-refractivity contribution in [3.63, 3.8) is 0 Å². The van der Waals surface area contributed by atoms with Crippen molar-refractivity contribution in [2.24, 2.45) is 5.92 Å². The molecule has 1 N–H and O–H groups in total. The van der Waals surface area contributed by atoms with E-state index in [4.69, 9.17) is 0 Å². The fourth-order valence-electron chi connectivity index (χ4n) is 2.10. The van der Waals surface area contributed by atoms with Crippen LogP contribution in [0.5, 0.6) is 0 Å². The molecule has 7 nitrogen and oxygen atoms in total. The highest BCUT2D eigenvalue weighted by molar-refractivity contribution is 7.88. The van der Waals surface area contributed by atoms with E-state index in [0.29, 0.717) is 25.6 Å². The zero-order chi connectivity index (χ0) is 13.9. The molecule has 2 heterocycles. The number of nitrogens with zero attached hydrogens (tertiary/aromatic N) is 2. The van der Waals surface area contributed by atoms with Crippen LogP contribution in [0.4, 0.5) is 0 Å². The maximum absolute atomic E-state index is 11.6. The Hall–Kier alpha value is -1.41. The van der Waals surface area contributed by atoms with Crippen LogP contribution in [0.25, 0.3) is 0 Å². The zero-order valence-corrected chi connectivity index (χ0v) is 11.5. The molecule has 0 bridgehead atoms. The summed E-state index contributed by atoms with van der Waals surface area (Å²) in [6.07, 6.45) is 4.08. The van der Waals surface area contributed by atoms with Crippen molar-refractivity contribution in [3.8, 4) is 0 Å². The molecule has 0 radical (unpaired) electrons. The van der Waals surface area contributed by atoms with Gasteiger partial charge in [-0.25, -0.2) is 12.7 Å². The summed E-state index contributed by atoms with van der Waals surface area (Å²) in [6.45, 7) is 1.57. The van der Waals surface area contributed by atoms with Crippen molar-refractivity contribution < 1.29 is 17.7 Å². The fraction of sp³-hybridized carbons (Fsp3) is 0.636. The normalized spacial score (nSPS) is 18.4. The summed E-state index contributed by atoms with van der Waals surface area (Å²) in [7, 11) is -3.09. The molecule has 106 valence electrons. The summed E-state index contributed by atoms with van der Waals surface area (Å²) in [4.78, 5) is 11.6. The van der Waals surface area contributed by atoms with E-state index in [0.717, 1.165) is 12.8 Å². The average molecular weight is 287 g/mol. The molecule has 1 aromatic rings. The molecule has 2 rings (SSSR count). The number of hydrogen-bond donors (Lipinski definition) is 1. The summed E-state index contributed by atoms with van der Waals surface area (Å²) in [5, 5.41) is 6.33. The van der Waals surface area contributed by atoms with E-state index in [1.54, 1.807) is 0 Å². The van der Waals surface area contributed by atoms with Gasteiger partial charge in [-0.05, 0) is 18.8 Å².